The van der Waals surface area contributed by atoms with Crippen LogP contribution in [0.15, 0.2) is 30.5 Å². The van der Waals surface area contributed by atoms with Crippen molar-refractivity contribution in [1.29, 1.82) is 0 Å². The Labute approximate surface area is 278 Å². The van der Waals surface area contributed by atoms with E-state index in [-0.39, 0.29) is 24.2 Å². The monoisotopic (exact) mass is 659 g/mol. The van der Waals surface area contributed by atoms with Crippen molar-refractivity contribution in [2.45, 2.75) is 110 Å². The molecular formula is C34H49N9O3Si. The third-order valence-corrected chi connectivity index (χ3v) is 11.0. The maximum absolute atomic E-state index is 13.0. The van der Waals surface area contributed by atoms with E-state index in [1.807, 2.05) is 56.5 Å². The predicted molar refractivity (Wildman–Crippen MR) is 186 cm³/mol. The highest BCUT2D eigenvalue weighted by atomic mass is 28.3. The van der Waals surface area contributed by atoms with Gasteiger partial charge in [0.15, 0.2) is 5.82 Å². The van der Waals surface area contributed by atoms with Gasteiger partial charge in [0.25, 0.3) is 0 Å². The van der Waals surface area contributed by atoms with Crippen LogP contribution in [0.4, 0.5) is 10.6 Å². The van der Waals surface area contributed by atoms with E-state index in [9.17, 15) is 4.79 Å². The Hall–Kier alpha value is -3.84. The normalized spacial score (nSPS) is 19.9. The van der Waals surface area contributed by atoms with Crippen molar-refractivity contribution in [2.75, 3.05) is 18.6 Å². The van der Waals surface area contributed by atoms with Crippen LogP contribution in [0.5, 0.6) is 0 Å². The number of carbonyl (C=O) groups is 1. The number of amides is 1. The highest BCUT2D eigenvalue weighted by molar-refractivity contribution is 6.76. The second kappa shape index (κ2) is 12.6. The van der Waals surface area contributed by atoms with Gasteiger partial charge in [-0.25, -0.2) is 9.48 Å². The molecule has 2 unspecified atom stereocenters. The van der Waals surface area contributed by atoms with Crippen LogP contribution in [0.3, 0.4) is 0 Å². The molecule has 12 nitrogen and oxygen atoms in total. The van der Waals surface area contributed by atoms with Gasteiger partial charge < -0.3 is 19.3 Å². The second-order valence-corrected chi connectivity index (χ2v) is 20.9. The molecule has 0 spiro atoms. The minimum Gasteiger partial charge on any atom is -0.444 e. The van der Waals surface area contributed by atoms with Gasteiger partial charge in [-0.2, -0.15) is 20.1 Å². The molecule has 252 valence electrons. The van der Waals surface area contributed by atoms with E-state index in [1.54, 1.807) is 11.0 Å². The summed E-state index contributed by atoms with van der Waals surface area (Å²) in [6.07, 6.45) is 5.38. The summed E-state index contributed by atoms with van der Waals surface area (Å²) in [7, 11) is 2.68. The molecule has 5 heterocycles. The Balaban J connectivity index is 1.26. The van der Waals surface area contributed by atoms with Crippen molar-refractivity contribution in [2.24, 2.45) is 7.05 Å². The van der Waals surface area contributed by atoms with Gasteiger partial charge in [0.1, 0.15) is 18.0 Å². The zero-order valence-corrected chi connectivity index (χ0v) is 30.3. The van der Waals surface area contributed by atoms with E-state index in [4.69, 9.17) is 24.8 Å². The molecule has 6 rings (SSSR count). The molecule has 47 heavy (non-hydrogen) atoms. The zero-order chi connectivity index (χ0) is 33.7. The average Bonchev–Trinajstić information content (AvgIpc) is 3.66. The molecule has 2 saturated heterocycles. The first-order valence-electron chi connectivity index (χ1n) is 16.7. The summed E-state index contributed by atoms with van der Waals surface area (Å²) in [5.74, 6) is 0.815. The van der Waals surface area contributed by atoms with Crippen LogP contribution in [0.1, 0.15) is 52.1 Å². The number of fused-ring (bicyclic) bond motifs is 3. The lowest BCUT2D eigenvalue weighted by Crippen LogP contribution is -2.53. The number of anilines is 1. The number of carbonyl (C=O) groups excluding carboxylic acids is 1. The van der Waals surface area contributed by atoms with Crippen molar-refractivity contribution < 1.29 is 14.3 Å². The molecule has 2 fully saturated rings. The van der Waals surface area contributed by atoms with Gasteiger partial charge in [0.05, 0.1) is 23.1 Å². The summed E-state index contributed by atoms with van der Waals surface area (Å²) in [4.78, 5) is 18.8. The maximum atomic E-state index is 13.0. The number of hydrogen-bond donors (Lipinski definition) is 0. The van der Waals surface area contributed by atoms with E-state index >= 15 is 0 Å². The van der Waals surface area contributed by atoms with Crippen LogP contribution in [0, 0.1) is 6.92 Å². The molecule has 2 aliphatic heterocycles. The molecule has 2 atom stereocenters. The highest BCUT2D eigenvalue weighted by Gasteiger charge is 2.46. The third kappa shape index (κ3) is 7.06. The van der Waals surface area contributed by atoms with Crippen molar-refractivity contribution in [3.8, 4) is 22.5 Å². The van der Waals surface area contributed by atoms with E-state index in [0.717, 1.165) is 76.7 Å². The van der Waals surface area contributed by atoms with Crippen LogP contribution in [0.2, 0.25) is 25.7 Å². The topological polar surface area (TPSA) is 116 Å². The molecule has 4 aromatic rings. The fourth-order valence-electron chi connectivity index (χ4n) is 6.94. The molecule has 0 aliphatic carbocycles. The molecule has 1 aromatic carbocycles. The molecule has 13 heteroatoms. The van der Waals surface area contributed by atoms with Gasteiger partial charge in [-0.15, -0.1) is 10.2 Å². The largest absolute Gasteiger partial charge is 0.444 e. The summed E-state index contributed by atoms with van der Waals surface area (Å²) in [5.41, 5.74) is 4.81. The number of aryl methyl sites for hydroxylation is 2. The lowest BCUT2D eigenvalue weighted by molar-refractivity contribution is 0.00596. The SMILES string of the molecule is Cc1nn(COCC[Si](C)(C)C)c2c(-c3ccc(N(C)C4CC5CCC(C4)N5C(=O)OC(C)(C)C)nn3)ccc(-c3cnn(C)n3)c12. The zero-order valence-electron chi connectivity index (χ0n) is 29.3. The van der Waals surface area contributed by atoms with Crippen molar-refractivity contribution >= 4 is 30.9 Å². The van der Waals surface area contributed by atoms with Crippen LogP contribution in [-0.2, 0) is 23.3 Å². The Morgan fingerprint density at radius 2 is 1.70 bits per heavy atom. The molecular weight excluding hydrogens is 611 g/mol. The number of piperidine rings is 1. The van der Waals surface area contributed by atoms with E-state index in [0.29, 0.717) is 13.3 Å². The average molecular weight is 660 g/mol. The van der Waals surface area contributed by atoms with Crippen molar-refractivity contribution in [1.82, 2.24) is 39.9 Å². The lowest BCUT2D eigenvalue weighted by atomic mass is 9.96. The van der Waals surface area contributed by atoms with Gasteiger partial charge in [-0.1, -0.05) is 25.7 Å². The van der Waals surface area contributed by atoms with Crippen LogP contribution in [0.25, 0.3) is 33.4 Å². The maximum Gasteiger partial charge on any atom is 0.410 e. The summed E-state index contributed by atoms with van der Waals surface area (Å²) in [6.45, 7) is 15.9. The summed E-state index contributed by atoms with van der Waals surface area (Å²) in [5, 5.41) is 24.3. The van der Waals surface area contributed by atoms with Crippen molar-refractivity contribution in [3.63, 3.8) is 0 Å². The predicted octanol–water partition coefficient (Wildman–Crippen LogP) is 6.28. The van der Waals surface area contributed by atoms with E-state index < -0.39 is 13.7 Å². The van der Waals surface area contributed by atoms with Gasteiger partial charge in [-0.05, 0) is 77.6 Å². The molecule has 1 amide bonds. The van der Waals surface area contributed by atoms with Crippen LogP contribution in [-0.4, -0.2) is 91.4 Å². The van der Waals surface area contributed by atoms with Gasteiger partial charge in [0.2, 0.25) is 0 Å². The van der Waals surface area contributed by atoms with Gasteiger partial charge in [-0.3, -0.25) is 0 Å². The van der Waals surface area contributed by atoms with E-state index in [1.165, 1.54) is 0 Å². The summed E-state index contributed by atoms with van der Waals surface area (Å²) < 4.78 is 13.9. The van der Waals surface area contributed by atoms with Gasteiger partial charge in [0, 0.05) is 63.4 Å². The minimum absolute atomic E-state index is 0.181. The fraction of sp³-hybridized carbons (Fsp3) is 0.588. The highest BCUT2D eigenvalue weighted by Crippen LogP contribution is 2.40. The molecule has 2 aliphatic rings. The molecule has 0 radical (unpaired) electrons. The molecule has 2 bridgehead atoms. The molecule has 3 aromatic heterocycles. The first kappa shape index (κ1) is 33.1. The Bertz CT molecular complexity index is 1720. The number of benzene rings is 1. The minimum atomic E-state index is -1.22. The molecule has 0 saturated carbocycles. The number of nitrogens with zero attached hydrogens (tertiary/aromatic N) is 9. The first-order chi connectivity index (χ1) is 22.2. The number of hydrogen-bond acceptors (Lipinski definition) is 9. The molecule has 0 N–H and O–H groups in total. The van der Waals surface area contributed by atoms with Gasteiger partial charge >= 0.3 is 6.09 Å². The van der Waals surface area contributed by atoms with Crippen LogP contribution >= 0.6 is 0 Å². The number of ether oxygens (including phenoxy) is 2. The Morgan fingerprint density at radius 1 is 1.00 bits per heavy atom. The summed E-state index contributed by atoms with van der Waals surface area (Å²) >= 11 is 0. The number of rotatable bonds is 9. The standard InChI is InChI=1S/C34H49N9O3Si/c1-22-31-26(29-20-35-41(6)39-29)12-13-27(32(31)42(38-22)21-45-16-17-47(7,8)9)28-14-15-30(37-36-28)40(5)25-18-23-10-11-24(19-25)43(23)33(44)46-34(2,3)4/h12-15,20,23-25H,10-11,16-19,21H2,1-9H3. The second-order valence-electron chi connectivity index (χ2n) is 15.3. The summed E-state index contributed by atoms with van der Waals surface area (Å²) in [6, 6.07) is 9.95. The van der Waals surface area contributed by atoms with Crippen LogP contribution < -0.4 is 4.90 Å². The van der Waals surface area contributed by atoms with Crippen molar-refractivity contribution in [3.05, 3.63) is 36.2 Å². The quantitative estimate of drug-likeness (QED) is 0.151. The Kier molecular flexibility index (Phi) is 8.90. The first-order valence-corrected chi connectivity index (χ1v) is 20.4. The van der Waals surface area contributed by atoms with E-state index in [2.05, 4.69) is 53.9 Å². The third-order valence-electron chi connectivity index (χ3n) is 9.30. The fourth-order valence-corrected chi connectivity index (χ4v) is 7.70. The smallest absolute Gasteiger partial charge is 0.410 e. The Morgan fingerprint density at radius 3 is 2.30 bits per heavy atom. The number of aromatic nitrogens is 7. The lowest BCUT2D eigenvalue weighted by Gasteiger charge is -2.42.